The summed E-state index contributed by atoms with van der Waals surface area (Å²) in [7, 11) is 0. The van der Waals surface area contributed by atoms with E-state index in [0.29, 0.717) is 5.56 Å². The van der Waals surface area contributed by atoms with E-state index >= 15 is 0 Å². The van der Waals surface area contributed by atoms with Crippen LogP contribution in [0.5, 0.6) is 0 Å². The maximum Gasteiger partial charge on any atom is 0.0629 e. The van der Waals surface area contributed by atoms with Crippen molar-refractivity contribution in [3.8, 4) is 16.8 Å². The fourth-order valence-electron chi connectivity index (χ4n) is 7.84. The van der Waals surface area contributed by atoms with Crippen LogP contribution in [0.3, 0.4) is 0 Å². The SMILES string of the molecule is [2H]c1c([2H])c([2H])c(-c2ccc3c(c2)c2cc(N(c4ccc(C(C)(C)C)cc4)c4ccc(C(C)(C)C)cc4)ccc2n3-c2ccccc2C(C)(C)c2ccccc2)c([2H])c1[2H]. The molecular formula is C53H52N2. The summed E-state index contributed by atoms with van der Waals surface area (Å²) in [6, 6.07) is 47.8. The smallest absolute Gasteiger partial charge is 0.0629 e. The van der Waals surface area contributed by atoms with Gasteiger partial charge in [-0.3, -0.25) is 0 Å². The number of rotatable bonds is 7. The van der Waals surface area contributed by atoms with Crippen LogP contribution in [-0.2, 0) is 16.2 Å². The van der Waals surface area contributed by atoms with Crippen LogP contribution in [0.1, 0.15) is 84.5 Å². The first kappa shape index (κ1) is 30.5. The summed E-state index contributed by atoms with van der Waals surface area (Å²) in [5.41, 5.74) is 11.3. The molecule has 0 atom stereocenters. The first-order chi connectivity index (χ1) is 28.4. The second-order valence-corrected chi connectivity index (χ2v) is 17.2. The molecule has 0 unspecified atom stereocenters. The Labute approximate surface area is 334 Å². The van der Waals surface area contributed by atoms with Crippen LogP contribution in [0.25, 0.3) is 38.6 Å². The van der Waals surface area contributed by atoms with Gasteiger partial charge in [-0.2, -0.15) is 0 Å². The average molecular weight is 722 g/mol. The zero-order valence-electron chi connectivity index (χ0n) is 38.2. The molecule has 0 N–H and O–H groups in total. The summed E-state index contributed by atoms with van der Waals surface area (Å²) in [5, 5.41) is 1.89. The molecule has 0 fully saturated rings. The Morgan fingerprint density at radius 2 is 0.964 bits per heavy atom. The molecule has 0 saturated heterocycles. The summed E-state index contributed by atoms with van der Waals surface area (Å²) in [6.07, 6.45) is 0. The molecule has 0 aliphatic rings. The molecule has 0 saturated carbocycles. The molecular weight excluding hydrogens is 665 g/mol. The van der Waals surface area contributed by atoms with Gasteiger partial charge in [-0.25, -0.2) is 0 Å². The number of anilines is 3. The third-order valence-corrected chi connectivity index (χ3v) is 11.1. The summed E-state index contributed by atoms with van der Waals surface area (Å²) in [6.45, 7) is 17.9. The first-order valence-corrected chi connectivity index (χ1v) is 19.2. The molecule has 0 radical (unpaired) electrons. The van der Waals surface area contributed by atoms with Gasteiger partial charge in [0.05, 0.1) is 23.6 Å². The lowest BCUT2D eigenvalue weighted by atomic mass is 9.77. The lowest BCUT2D eigenvalue weighted by Crippen LogP contribution is -2.21. The molecule has 1 heterocycles. The van der Waals surface area contributed by atoms with Crippen molar-refractivity contribution in [2.75, 3.05) is 4.90 Å². The van der Waals surface area contributed by atoms with Crippen molar-refractivity contribution in [2.24, 2.45) is 0 Å². The molecule has 0 amide bonds. The third kappa shape index (κ3) is 6.76. The van der Waals surface area contributed by atoms with Crippen LogP contribution in [-0.4, -0.2) is 4.57 Å². The topological polar surface area (TPSA) is 8.17 Å². The summed E-state index contributed by atoms with van der Waals surface area (Å²) in [5.74, 6) is 0. The Kier molecular flexibility index (Phi) is 7.63. The normalized spacial score (nSPS) is 13.6. The number of hydrogen-bond acceptors (Lipinski definition) is 1. The van der Waals surface area contributed by atoms with Gasteiger partial charge < -0.3 is 9.47 Å². The standard InChI is InChI=1S/C53H52N2/c1-51(2,3)39-24-28-42(29-25-39)54(43-30-26-40(27-31-43)52(4,5)6)44-32-34-49-46(36-44)45-35-38(37-17-11-9-12-18-37)23-33-48(45)55(49)50-22-16-15-21-47(50)53(7,8)41-19-13-10-14-20-41/h9-36H,1-8H3/i9D,11D,12D,17D,18D. The van der Waals surface area contributed by atoms with E-state index in [9.17, 15) is 0 Å². The number of para-hydroxylation sites is 1. The van der Waals surface area contributed by atoms with Gasteiger partial charge in [-0.15, -0.1) is 0 Å². The molecule has 2 heteroatoms. The minimum Gasteiger partial charge on any atom is -0.310 e. The van der Waals surface area contributed by atoms with Gasteiger partial charge in [0.2, 0.25) is 0 Å². The predicted octanol–water partition coefficient (Wildman–Crippen LogP) is 14.8. The molecule has 7 aromatic carbocycles. The van der Waals surface area contributed by atoms with Crippen LogP contribution >= 0.6 is 0 Å². The molecule has 274 valence electrons. The van der Waals surface area contributed by atoms with Crippen molar-refractivity contribution in [3.63, 3.8) is 0 Å². The lowest BCUT2D eigenvalue weighted by Gasteiger charge is -2.29. The molecule has 0 bridgehead atoms. The first-order valence-electron chi connectivity index (χ1n) is 21.7. The Bertz CT molecular complexity index is 2810. The predicted molar refractivity (Wildman–Crippen MR) is 237 cm³/mol. The Hall–Kier alpha value is -5.86. The fourth-order valence-corrected chi connectivity index (χ4v) is 7.84. The largest absolute Gasteiger partial charge is 0.310 e. The fraction of sp³-hybridized carbons (Fsp3) is 0.208. The molecule has 8 aromatic rings. The lowest BCUT2D eigenvalue weighted by molar-refractivity contribution is 0.590. The van der Waals surface area contributed by atoms with Crippen molar-refractivity contribution in [3.05, 3.63) is 192 Å². The van der Waals surface area contributed by atoms with Gasteiger partial charge in [0.1, 0.15) is 0 Å². The molecule has 1 aromatic heterocycles. The minimum atomic E-state index is -0.403. The van der Waals surface area contributed by atoms with Crippen molar-refractivity contribution in [1.82, 2.24) is 4.57 Å². The van der Waals surface area contributed by atoms with Gasteiger partial charge in [0.25, 0.3) is 0 Å². The van der Waals surface area contributed by atoms with E-state index in [-0.39, 0.29) is 46.0 Å². The number of benzene rings is 7. The molecule has 8 rings (SSSR count). The highest BCUT2D eigenvalue weighted by molar-refractivity contribution is 6.12. The number of hydrogen-bond donors (Lipinski definition) is 0. The Morgan fingerprint density at radius 1 is 0.455 bits per heavy atom. The number of nitrogens with zero attached hydrogens (tertiary/aromatic N) is 2. The highest BCUT2D eigenvalue weighted by atomic mass is 15.1. The maximum atomic E-state index is 8.87. The molecule has 0 aliphatic carbocycles. The van der Waals surface area contributed by atoms with E-state index < -0.39 is 6.04 Å². The molecule has 0 aliphatic heterocycles. The van der Waals surface area contributed by atoms with Crippen molar-refractivity contribution in [2.45, 2.75) is 71.6 Å². The zero-order chi connectivity index (χ0) is 42.9. The van der Waals surface area contributed by atoms with E-state index in [1.54, 1.807) is 0 Å². The Morgan fingerprint density at radius 3 is 1.55 bits per heavy atom. The second-order valence-electron chi connectivity index (χ2n) is 17.2. The molecule has 0 spiro atoms. The molecule has 55 heavy (non-hydrogen) atoms. The zero-order valence-corrected chi connectivity index (χ0v) is 33.2. The van der Waals surface area contributed by atoms with Gasteiger partial charge in [0, 0.05) is 33.2 Å². The van der Waals surface area contributed by atoms with Crippen LogP contribution in [0.2, 0.25) is 0 Å². The number of fused-ring (bicyclic) bond motifs is 3. The van der Waals surface area contributed by atoms with Crippen LogP contribution < -0.4 is 4.90 Å². The van der Waals surface area contributed by atoms with Crippen LogP contribution in [0.4, 0.5) is 17.1 Å². The summed E-state index contributed by atoms with van der Waals surface area (Å²) >= 11 is 0. The quantitative estimate of drug-likeness (QED) is 0.159. The van der Waals surface area contributed by atoms with Gasteiger partial charge in [-0.05, 0) is 105 Å². The van der Waals surface area contributed by atoms with E-state index in [4.69, 9.17) is 6.85 Å². The summed E-state index contributed by atoms with van der Waals surface area (Å²) < 4.78 is 45.2. The van der Waals surface area contributed by atoms with Crippen LogP contribution in [0.15, 0.2) is 170 Å². The van der Waals surface area contributed by atoms with E-state index in [1.165, 1.54) is 16.7 Å². The summed E-state index contributed by atoms with van der Waals surface area (Å²) in [4.78, 5) is 2.30. The number of aromatic nitrogens is 1. The highest BCUT2D eigenvalue weighted by Crippen LogP contribution is 2.44. The highest BCUT2D eigenvalue weighted by Gasteiger charge is 2.28. The van der Waals surface area contributed by atoms with Gasteiger partial charge in [-0.1, -0.05) is 164 Å². The van der Waals surface area contributed by atoms with Crippen molar-refractivity contribution in [1.29, 1.82) is 0 Å². The van der Waals surface area contributed by atoms with Crippen molar-refractivity contribution < 1.29 is 6.85 Å². The second kappa shape index (κ2) is 13.8. The van der Waals surface area contributed by atoms with E-state index in [1.807, 2.05) is 24.3 Å². The molecule has 2 nitrogen and oxygen atoms in total. The minimum absolute atomic E-state index is 0.00179. The van der Waals surface area contributed by atoms with Crippen LogP contribution in [0, 0.1) is 0 Å². The maximum absolute atomic E-state index is 8.87. The monoisotopic (exact) mass is 721 g/mol. The average Bonchev–Trinajstić information content (AvgIpc) is 3.55. The van der Waals surface area contributed by atoms with Gasteiger partial charge >= 0.3 is 0 Å². The van der Waals surface area contributed by atoms with Crippen molar-refractivity contribution >= 4 is 38.9 Å². The van der Waals surface area contributed by atoms with Gasteiger partial charge in [0.15, 0.2) is 0 Å². The Balaban J connectivity index is 1.42. The van der Waals surface area contributed by atoms with E-state index in [2.05, 4.69) is 180 Å². The van der Waals surface area contributed by atoms with E-state index in [0.717, 1.165) is 50.1 Å². The third-order valence-electron chi connectivity index (χ3n) is 11.1.